The maximum absolute atomic E-state index is 12.5. The zero-order valence-electron chi connectivity index (χ0n) is 13.5. The Morgan fingerprint density at radius 1 is 1.16 bits per heavy atom. The van der Waals surface area contributed by atoms with E-state index in [0.29, 0.717) is 17.1 Å². The van der Waals surface area contributed by atoms with Crippen molar-refractivity contribution in [3.05, 3.63) is 65.1 Å². The third-order valence-electron chi connectivity index (χ3n) is 3.74. The second-order valence-electron chi connectivity index (χ2n) is 5.53. The number of rotatable bonds is 4. The molecule has 124 valence electrons. The summed E-state index contributed by atoms with van der Waals surface area (Å²) in [5, 5.41) is 3.64. The van der Waals surface area contributed by atoms with Crippen molar-refractivity contribution in [3.63, 3.8) is 0 Å². The van der Waals surface area contributed by atoms with Crippen LogP contribution in [0.5, 0.6) is 0 Å². The van der Waals surface area contributed by atoms with E-state index in [2.05, 4.69) is 25.3 Å². The van der Waals surface area contributed by atoms with Gasteiger partial charge < -0.3 is 10.3 Å². The Kier molecular flexibility index (Phi) is 3.99. The van der Waals surface area contributed by atoms with E-state index in [1.807, 2.05) is 49.4 Å². The first-order chi connectivity index (χ1) is 12.2. The summed E-state index contributed by atoms with van der Waals surface area (Å²) in [6.07, 6.45) is 1.72. The molecule has 1 amide bonds. The molecule has 0 aliphatic rings. The van der Waals surface area contributed by atoms with Gasteiger partial charge in [-0.25, -0.2) is 9.97 Å². The predicted octanol–water partition coefficient (Wildman–Crippen LogP) is 3.32. The van der Waals surface area contributed by atoms with Gasteiger partial charge in [-0.05, 0) is 31.2 Å². The van der Waals surface area contributed by atoms with E-state index >= 15 is 0 Å². The number of thiazole rings is 1. The number of imidazole rings is 1. The topological polar surface area (TPSA) is 83.6 Å². The molecule has 1 aromatic carbocycles. The molecular weight excluding hydrogens is 334 g/mol. The van der Waals surface area contributed by atoms with E-state index in [1.54, 1.807) is 6.20 Å². The molecule has 0 radical (unpaired) electrons. The molecule has 0 saturated heterocycles. The van der Waals surface area contributed by atoms with Crippen molar-refractivity contribution in [2.75, 3.05) is 0 Å². The number of aromatic nitrogens is 4. The number of aromatic amines is 1. The number of para-hydroxylation sites is 2. The first kappa shape index (κ1) is 15.5. The van der Waals surface area contributed by atoms with Crippen molar-refractivity contribution >= 4 is 28.3 Å². The summed E-state index contributed by atoms with van der Waals surface area (Å²) in [7, 11) is 0. The molecule has 0 fully saturated rings. The summed E-state index contributed by atoms with van der Waals surface area (Å²) in [6, 6.07) is 13.4. The second-order valence-corrected chi connectivity index (χ2v) is 6.53. The zero-order valence-corrected chi connectivity index (χ0v) is 14.3. The number of aryl methyl sites for hydroxylation is 1. The molecule has 3 aromatic heterocycles. The van der Waals surface area contributed by atoms with E-state index in [4.69, 9.17) is 0 Å². The van der Waals surface area contributed by atoms with Gasteiger partial charge in [-0.2, -0.15) is 0 Å². The van der Waals surface area contributed by atoms with Crippen molar-refractivity contribution in [2.24, 2.45) is 0 Å². The van der Waals surface area contributed by atoms with Crippen LogP contribution in [-0.2, 0) is 6.54 Å². The van der Waals surface area contributed by atoms with Crippen LogP contribution in [0.4, 0.5) is 0 Å². The van der Waals surface area contributed by atoms with Crippen LogP contribution in [0.15, 0.2) is 48.7 Å². The lowest BCUT2D eigenvalue weighted by atomic mass is 10.3. The van der Waals surface area contributed by atoms with Crippen molar-refractivity contribution in [3.8, 4) is 10.7 Å². The molecule has 4 rings (SSSR count). The number of carbonyl (C=O) groups excluding carboxylic acids is 1. The minimum absolute atomic E-state index is 0.155. The molecule has 2 N–H and O–H groups in total. The summed E-state index contributed by atoms with van der Waals surface area (Å²) in [5.41, 5.74) is 3.32. The lowest BCUT2D eigenvalue weighted by Crippen LogP contribution is -2.23. The molecule has 0 aliphatic carbocycles. The largest absolute Gasteiger partial charge is 0.344 e. The standard InChI is InChI=1S/C18H15N5OS/c1-11-16(25-18(21-11)14-8-4-5-9-19-14)17(24)20-10-15-22-12-6-2-3-7-13(12)23-15/h2-9H,10H2,1H3,(H,20,24)(H,22,23). The van der Waals surface area contributed by atoms with Crippen LogP contribution in [-0.4, -0.2) is 25.8 Å². The fourth-order valence-corrected chi connectivity index (χ4v) is 3.50. The molecule has 0 spiro atoms. The highest BCUT2D eigenvalue weighted by Crippen LogP contribution is 2.26. The number of carbonyl (C=O) groups is 1. The highest BCUT2D eigenvalue weighted by atomic mass is 32.1. The summed E-state index contributed by atoms with van der Waals surface area (Å²) in [5.74, 6) is 0.569. The minimum atomic E-state index is -0.155. The van der Waals surface area contributed by atoms with Crippen LogP contribution < -0.4 is 5.32 Å². The van der Waals surface area contributed by atoms with Crippen LogP contribution in [0.2, 0.25) is 0 Å². The van der Waals surface area contributed by atoms with Crippen LogP contribution in [0, 0.1) is 6.92 Å². The Morgan fingerprint density at radius 2 is 2.00 bits per heavy atom. The van der Waals surface area contributed by atoms with Crippen molar-refractivity contribution in [2.45, 2.75) is 13.5 Å². The molecule has 4 aromatic rings. The number of H-pyrrole nitrogens is 1. The summed E-state index contributed by atoms with van der Waals surface area (Å²) < 4.78 is 0. The molecule has 7 heteroatoms. The van der Waals surface area contributed by atoms with E-state index in [9.17, 15) is 4.79 Å². The number of hydrogen-bond acceptors (Lipinski definition) is 5. The first-order valence-electron chi connectivity index (χ1n) is 7.81. The number of pyridine rings is 1. The van der Waals surface area contributed by atoms with Crippen molar-refractivity contribution < 1.29 is 4.79 Å². The first-order valence-corrected chi connectivity index (χ1v) is 8.63. The summed E-state index contributed by atoms with van der Waals surface area (Å²) >= 11 is 1.34. The Bertz CT molecular complexity index is 1010. The molecular formula is C18H15N5OS. The number of amides is 1. The SMILES string of the molecule is Cc1nc(-c2ccccn2)sc1C(=O)NCc1nc2ccccc2[nH]1. The molecule has 6 nitrogen and oxygen atoms in total. The highest BCUT2D eigenvalue weighted by molar-refractivity contribution is 7.17. The Labute approximate surface area is 148 Å². The Balaban J connectivity index is 1.50. The van der Waals surface area contributed by atoms with Crippen LogP contribution in [0.1, 0.15) is 21.2 Å². The number of fused-ring (bicyclic) bond motifs is 1. The van der Waals surface area contributed by atoms with Gasteiger partial charge >= 0.3 is 0 Å². The monoisotopic (exact) mass is 349 g/mol. The highest BCUT2D eigenvalue weighted by Gasteiger charge is 2.17. The van der Waals surface area contributed by atoms with Gasteiger partial charge in [-0.15, -0.1) is 11.3 Å². The third-order valence-corrected chi connectivity index (χ3v) is 4.92. The average Bonchev–Trinajstić information content (AvgIpc) is 3.23. The average molecular weight is 349 g/mol. The van der Waals surface area contributed by atoms with Gasteiger partial charge in [-0.3, -0.25) is 9.78 Å². The molecule has 0 aliphatic heterocycles. The third kappa shape index (κ3) is 3.14. The van der Waals surface area contributed by atoms with Gasteiger partial charge in [0.2, 0.25) is 0 Å². The molecule has 0 bridgehead atoms. The van der Waals surface area contributed by atoms with E-state index in [-0.39, 0.29) is 5.91 Å². The fourth-order valence-electron chi connectivity index (χ4n) is 2.54. The number of hydrogen-bond donors (Lipinski definition) is 2. The summed E-state index contributed by atoms with van der Waals surface area (Å²) in [6.45, 7) is 2.17. The molecule has 0 saturated carbocycles. The maximum atomic E-state index is 12.5. The smallest absolute Gasteiger partial charge is 0.263 e. The number of nitrogens with zero attached hydrogens (tertiary/aromatic N) is 3. The Hall–Kier alpha value is -3.06. The minimum Gasteiger partial charge on any atom is -0.344 e. The quantitative estimate of drug-likeness (QED) is 0.592. The maximum Gasteiger partial charge on any atom is 0.263 e. The molecule has 25 heavy (non-hydrogen) atoms. The second kappa shape index (κ2) is 6.45. The number of nitrogens with one attached hydrogen (secondary N) is 2. The van der Waals surface area contributed by atoms with Gasteiger partial charge in [0.25, 0.3) is 5.91 Å². The summed E-state index contributed by atoms with van der Waals surface area (Å²) in [4.78, 5) is 29.5. The van der Waals surface area contributed by atoms with Crippen molar-refractivity contribution in [1.82, 2.24) is 25.3 Å². The normalized spacial score (nSPS) is 10.9. The zero-order chi connectivity index (χ0) is 17.2. The Morgan fingerprint density at radius 3 is 2.80 bits per heavy atom. The molecule has 0 unspecified atom stereocenters. The predicted molar refractivity (Wildman–Crippen MR) is 97.3 cm³/mol. The van der Waals surface area contributed by atoms with E-state index in [1.165, 1.54) is 11.3 Å². The van der Waals surface area contributed by atoms with Gasteiger partial charge in [0.05, 0.1) is 29.0 Å². The lowest BCUT2D eigenvalue weighted by molar-refractivity contribution is 0.0953. The van der Waals surface area contributed by atoms with E-state index < -0.39 is 0 Å². The van der Waals surface area contributed by atoms with Crippen molar-refractivity contribution in [1.29, 1.82) is 0 Å². The van der Waals surface area contributed by atoms with Crippen LogP contribution in [0.3, 0.4) is 0 Å². The lowest BCUT2D eigenvalue weighted by Gasteiger charge is -2.01. The fraction of sp³-hybridized carbons (Fsp3) is 0.111. The number of benzene rings is 1. The molecule has 3 heterocycles. The molecule has 0 atom stereocenters. The van der Waals surface area contributed by atoms with Gasteiger partial charge in [0, 0.05) is 6.20 Å². The van der Waals surface area contributed by atoms with E-state index in [0.717, 1.165) is 27.6 Å². The van der Waals surface area contributed by atoms with Gasteiger partial charge in [0.1, 0.15) is 15.7 Å². The van der Waals surface area contributed by atoms with Gasteiger partial charge in [-0.1, -0.05) is 18.2 Å². The van der Waals surface area contributed by atoms with Crippen LogP contribution in [0.25, 0.3) is 21.7 Å². The van der Waals surface area contributed by atoms with Crippen LogP contribution >= 0.6 is 11.3 Å². The van der Waals surface area contributed by atoms with Gasteiger partial charge in [0.15, 0.2) is 0 Å².